The number of hydrogen-bond acceptors (Lipinski definition) is 2. The zero-order valence-electron chi connectivity index (χ0n) is 11.9. The molecular formula is C16H15Br2FO2. The molecule has 0 aliphatic heterocycles. The van der Waals surface area contributed by atoms with Crippen molar-refractivity contribution in [1.82, 2.24) is 0 Å². The second-order valence-corrected chi connectivity index (χ2v) is 6.36. The molecule has 0 aliphatic rings. The largest absolute Gasteiger partial charge is 0.493 e. The molecule has 112 valence electrons. The number of alkyl halides is 1. The molecule has 21 heavy (non-hydrogen) atoms. The second-order valence-electron chi connectivity index (χ2n) is 4.59. The van der Waals surface area contributed by atoms with Crippen molar-refractivity contribution in [3.8, 4) is 11.5 Å². The topological polar surface area (TPSA) is 18.5 Å². The van der Waals surface area contributed by atoms with Gasteiger partial charge in [0.2, 0.25) is 0 Å². The average Bonchev–Trinajstić information content (AvgIpc) is 2.48. The Labute approximate surface area is 140 Å². The van der Waals surface area contributed by atoms with E-state index in [1.807, 2.05) is 19.1 Å². The van der Waals surface area contributed by atoms with Gasteiger partial charge in [-0.25, -0.2) is 4.39 Å². The summed E-state index contributed by atoms with van der Waals surface area (Å²) in [6.45, 7) is 1.98. The van der Waals surface area contributed by atoms with E-state index in [0.717, 1.165) is 21.2 Å². The van der Waals surface area contributed by atoms with Gasteiger partial charge in [0.25, 0.3) is 0 Å². The van der Waals surface area contributed by atoms with E-state index in [2.05, 4.69) is 31.9 Å². The van der Waals surface area contributed by atoms with Gasteiger partial charge in [0, 0.05) is 4.47 Å². The summed E-state index contributed by atoms with van der Waals surface area (Å²) in [5, 5.41) is 0. The van der Waals surface area contributed by atoms with Crippen molar-refractivity contribution >= 4 is 31.9 Å². The standard InChI is InChI=1S/C16H15Br2FO2/c1-9-6-14(20-2)15(21-3)8-11(9)16(18)12-7-10(19)4-5-13(12)17/h4-8,16H,1-3H3. The van der Waals surface area contributed by atoms with Crippen molar-refractivity contribution in [1.29, 1.82) is 0 Å². The van der Waals surface area contributed by atoms with Crippen LogP contribution in [0.5, 0.6) is 11.5 Å². The summed E-state index contributed by atoms with van der Waals surface area (Å²) in [4.78, 5) is -0.151. The van der Waals surface area contributed by atoms with E-state index in [1.165, 1.54) is 12.1 Å². The van der Waals surface area contributed by atoms with Crippen LogP contribution in [0.3, 0.4) is 0 Å². The van der Waals surface area contributed by atoms with Crippen LogP contribution in [0.25, 0.3) is 0 Å². The van der Waals surface area contributed by atoms with Crippen LogP contribution in [0.1, 0.15) is 21.5 Å². The zero-order valence-corrected chi connectivity index (χ0v) is 15.1. The molecule has 1 unspecified atom stereocenters. The van der Waals surface area contributed by atoms with Crippen molar-refractivity contribution in [3.05, 3.63) is 57.3 Å². The highest BCUT2D eigenvalue weighted by Crippen LogP contribution is 2.41. The summed E-state index contributed by atoms with van der Waals surface area (Å²) in [7, 11) is 3.20. The Balaban J connectivity index is 2.52. The highest BCUT2D eigenvalue weighted by molar-refractivity contribution is 9.11. The Kier molecular flexibility index (Phi) is 5.27. The van der Waals surface area contributed by atoms with Crippen molar-refractivity contribution < 1.29 is 13.9 Å². The van der Waals surface area contributed by atoms with Gasteiger partial charge in [0.15, 0.2) is 11.5 Å². The lowest BCUT2D eigenvalue weighted by atomic mass is 9.99. The molecule has 2 nitrogen and oxygen atoms in total. The molecule has 2 rings (SSSR count). The summed E-state index contributed by atoms with van der Waals surface area (Å²) in [5.41, 5.74) is 2.86. The van der Waals surface area contributed by atoms with Crippen LogP contribution < -0.4 is 9.47 Å². The maximum atomic E-state index is 13.5. The van der Waals surface area contributed by atoms with E-state index in [0.29, 0.717) is 11.5 Å². The number of methoxy groups -OCH3 is 2. The molecule has 0 bridgehead atoms. The van der Waals surface area contributed by atoms with Gasteiger partial charge in [0.05, 0.1) is 19.0 Å². The second kappa shape index (κ2) is 6.79. The number of aryl methyl sites for hydroxylation is 1. The minimum atomic E-state index is -0.268. The minimum Gasteiger partial charge on any atom is -0.493 e. The average molecular weight is 418 g/mol. The predicted molar refractivity (Wildman–Crippen MR) is 89.2 cm³/mol. The van der Waals surface area contributed by atoms with E-state index in [1.54, 1.807) is 20.3 Å². The van der Waals surface area contributed by atoms with Gasteiger partial charge < -0.3 is 9.47 Å². The highest BCUT2D eigenvalue weighted by Gasteiger charge is 2.19. The molecule has 0 radical (unpaired) electrons. The Hall–Kier alpha value is -1.07. The lowest BCUT2D eigenvalue weighted by Crippen LogP contribution is -2.00. The molecule has 0 heterocycles. The third kappa shape index (κ3) is 3.40. The summed E-state index contributed by atoms with van der Waals surface area (Å²) < 4.78 is 25.0. The van der Waals surface area contributed by atoms with Gasteiger partial charge >= 0.3 is 0 Å². The fourth-order valence-corrected chi connectivity index (χ4v) is 3.80. The maximum absolute atomic E-state index is 13.5. The van der Waals surface area contributed by atoms with Crippen LogP contribution in [-0.4, -0.2) is 14.2 Å². The smallest absolute Gasteiger partial charge is 0.161 e. The molecule has 5 heteroatoms. The van der Waals surface area contributed by atoms with E-state index < -0.39 is 0 Å². The Morgan fingerprint density at radius 1 is 1.00 bits per heavy atom. The normalized spacial score (nSPS) is 12.1. The molecule has 0 amide bonds. The third-order valence-electron chi connectivity index (χ3n) is 3.28. The lowest BCUT2D eigenvalue weighted by Gasteiger charge is -2.18. The van der Waals surface area contributed by atoms with Crippen LogP contribution in [0.4, 0.5) is 4.39 Å². The predicted octanol–water partition coefficient (Wildman–Crippen LogP) is 5.40. The van der Waals surface area contributed by atoms with Gasteiger partial charge in [-0.15, -0.1) is 0 Å². The molecule has 0 aliphatic carbocycles. The van der Waals surface area contributed by atoms with Gasteiger partial charge in [-0.05, 0) is 53.9 Å². The van der Waals surface area contributed by atoms with Crippen molar-refractivity contribution in [2.75, 3.05) is 14.2 Å². The Morgan fingerprint density at radius 2 is 1.62 bits per heavy atom. The van der Waals surface area contributed by atoms with Crippen LogP contribution >= 0.6 is 31.9 Å². The molecule has 0 aromatic heterocycles. The SMILES string of the molecule is COc1cc(C)c(C(Br)c2cc(F)ccc2Br)cc1OC. The first-order valence-corrected chi connectivity index (χ1v) is 8.00. The summed E-state index contributed by atoms with van der Waals surface area (Å²) >= 11 is 7.11. The maximum Gasteiger partial charge on any atom is 0.161 e. The van der Waals surface area contributed by atoms with Crippen LogP contribution in [0.15, 0.2) is 34.8 Å². The minimum absolute atomic E-state index is 0.151. The third-order valence-corrected chi connectivity index (χ3v) is 4.99. The number of rotatable bonds is 4. The first-order valence-electron chi connectivity index (χ1n) is 6.29. The van der Waals surface area contributed by atoms with Crippen molar-refractivity contribution in [2.24, 2.45) is 0 Å². The van der Waals surface area contributed by atoms with Gasteiger partial charge in [0.1, 0.15) is 5.82 Å². The monoisotopic (exact) mass is 416 g/mol. The van der Waals surface area contributed by atoms with Crippen LogP contribution in [-0.2, 0) is 0 Å². The number of ether oxygens (including phenoxy) is 2. The zero-order chi connectivity index (χ0) is 15.6. The Morgan fingerprint density at radius 3 is 2.24 bits per heavy atom. The van der Waals surface area contributed by atoms with Crippen molar-refractivity contribution in [2.45, 2.75) is 11.8 Å². The molecular weight excluding hydrogens is 403 g/mol. The molecule has 2 aromatic carbocycles. The van der Waals surface area contributed by atoms with Gasteiger partial charge in [-0.1, -0.05) is 31.9 Å². The summed E-state index contributed by atoms with van der Waals surface area (Å²) in [6, 6.07) is 8.46. The van der Waals surface area contributed by atoms with E-state index in [-0.39, 0.29) is 10.6 Å². The number of hydrogen-bond donors (Lipinski definition) is 0. The molecule has 0 fully saturated rings. The van der Waals surface area contributed by atoms with Gasteiger partial charge in [-0.2, -0.15) is 0 Å². The summed E-state index contributed by atoms with van der Waals surface area (Å²) in [5.74, 6) is 1.06. The highest BCUT2D eigenvalue weighted by atomic mass is 79.9. The first kappa shape index (κ1) is 16.3. The molecule has 0 spiro atoms. The van der Waals surface area contributed by atoms with Crippen LogP contribution in [0.2, 0.25) is 0 Å². The molecule has 1 atom stereocenters. The molecule has 0 N–H and O–H groups in total. The number of benzene rings is 2. The lowest BCUT2D eigenvalue weighted by molar-refractivity contribution is 0.354. The van der Waals surface area contributed by atoms with E-state index >= 15 is 0 Å². The molecule has 0 saturated heterocycles. The van der Waals surface area contributed by atoms with E-state index in [4.69, 9.17) is 9.47 Å². The van der Waals surface area contributed by atoms with Crippen LogP contribution in [0, 0.1) is 12.7 Å². The number of halogens is 3. The fourth-order valence-electron chi connectivity index (χ4n) is 2.15. The van der Waals surface area contributed by atoms with Crippen molar-refractivity contribution in [3.63, 3.8) is 0 Å². The molecule has 2 aromatic rings. The first-order chi connectivity index (χ1) is 9.97. The van der Waals surface area contributed by atoms with Gasteiger partial charge in [-0.3, -0.25) is 0 Å². The molecule has 0 saturated carbocycles. The fraction of sp³-hybridized carbons (Fsp3) is 0.250. The van der Waals surface area contributed by atoms with E-state index in [9.17, 15) is 4.39 Å². The quantitative estimate of drug-likeness (QED) is 0.620. The summed E-state index contributed by atoms with van der Waals surface area (Å²) in [6.07, 6.45) is 0. The Bertz CT molecular complexity index is 659.